The second kappa shape index (κ2) is 9.58. The molecule has 0 unspecified atom stereocenters. The number of carbonyl (C=O) groups excluding carboxylic acids is 1. The molecule has 2 heterocycles. The molecule has 4 aromatic rings. The predicted molar refractivity (Wildman–Crippen MR) is 133 cm³/mol. The van der Waals surface area contributed by atoms with Crippen LogP contribution in [0.2, 0.25) is 0 Å². The minimum Gasteiger partial charge on any atom is -0.318 e. The van der Waals surface area contributed by atoms with Gasteiger partial charge in [-0.15, -0.1) is 0 Å². The van der Waals surface area contributed by atoms with E-state index in [-0.39, 0.29) is 16.8 Å². The van der Waals surface area contributed by atoms with E-state index in [1.807, 2.05) is 6.07 Å². The van der Waals surface area contributed by atoms with Crippen molar-refractivity contribution >= 4 is 11.9 Å². The standard InChI is InChI=1S/C29H23F4N3O/c1-17-12-21(19(3)36(17)27-11-6-5-10-26(27)30)14-22(16-34)28(37)25-13-18(2)35(20(25)4)24-9-7-8-23(15-24)29(31,32)33/h5-15H,1-4H3. The zero-order valence-electron chi connectivity index (χ0n) is 20.6. The van der Waals surface area contributed by atoms with E-state index in [0.717, 1.165) is 17.8 Å². The smallest absolute Gasteiger partial charge is 0.318 e. The monoisotopic (exact) mass is 505 g/mol. The fourth-order valence-electron chi connectivity index (χ4n) is 4.60. The van der Waals surface area contributed by atoms with Crippen molar-refractivity contribution in [3.05, 3.63) is 112 Å². The van der Waals surface area contributed by atoms with Gasteiger partial charge in [0, 0.05) is 34.0 Å². The summed E-state index contributed by atoms with van der Waals surface area (Å²) in [4.78, 5) is 13.4. The van der Waals surface area contributed by atoms with Crippen molar-refractivity contribution < 1.29 is 22.4 Å². The van der Waals surface area contributed by atoms with Crippen molar-refractivity contribution in [3.8, 4) is 17.4 Å². The first-order valence-corrected chi connectivity index (χ1v) is 11.4. The number of hydrogen-bond donors (Lipinski definition) is 0. The Morgan fingerprint density at radius 2 is 1.57 bits per heavy atom. The zero-order chi connectivity index (χ0) is 27.1. The Labute approximate surface area is 211 Å². The molecule has 0 aliphatic heterocycles. The van der Waals surface area contributed by atoms with E-state index in [0.29, 0.717) is 28.3 Å². The van der Waals surface area contributed by atoms with Crippen LogP contribution in [0.3, 0.4) is 0 Å². The average Bonchev–Trinajstić information content (AvgIpc) is 3.30. The molecule has 0 bridgehead atoms. The van der Waals surface area contributed by atoms with Crippen molar-refractivity contribution in [3.63, 3.8) is 0 Å². The number of carbonyl (C=O) groups is 1. The van der Waals surface area contributed by atoms with Crippen LogP contribution in [-0.2, 0) is 6.18 Å². The van der Waals surface area contributed by atoms with Gasteiger partial charge in [0.25, 0.3) is 0 Å². The summed E-state index contributed by atoms with van der Waals surface area (Å²) in [6.07, 6.45) is -3.05. The molecule has 2 aromatic carbocycles. The number of nitrogens with zero attached hydrogens (tertiary/aromatic N) is 3. The lowest BCUT2D eigenvalue weighted by atomic mass is 10.0. The number of benzene rings is 2. The Morgan fingerprint density at radius 1 is 0.892 bits per heavy atom. The summed E-state index contributed by atoms with van der Waals surface area (Å²) in [5.41, 5.74) is 2.81. The Kier molecular flexibility index (Phi) is 6.66. The van der Waals surface area contributed by atoms with Gasteiger partial charge in [0.05, 0.1) is 11.3 Å². The maximum atomic E-state index is 14.4. The van der Waals surface area contributed by atoms with Gasteiger partial charge in [0.1, 0.15) is 17.5 Å². The Balaban J connectivity index is 1.76. The molecule has 0 spiro atoms. The van der Waals surface area contributed by atoms with Gasteiger partial charge in [-0.3, -0.25) is 4.79 Å². The quantitative estimate of drug-likeness (QED) is 0.122. The molecular weight excluding hydrogens is 482 g/mol. The van der Waals surface area contributed by atoms with Crippen LogP contribution >= 0.6 is 0 Å². The highest BCUT2D eigenvalue weighted by Crippen LogP contribution is 2.32. The molecule has 0 saturated heterocycles. The number of allylic oxidation sites excluding steroid dienone is 1. The van der Waals surface area contributed by atoms with Crippen LogP contribution in [0.15, 0.2) is 66.2 Å². The Morgan fingerprint density at radius 3 is 2.22 bits per heavy atom. The van der Waals surface area contributed by atoms with E-state index >= 15 is 0 Å². The third-order valence-corrected chi connectivity index (χ3v) is 6.34. The summed E-state index contributed by atoms with van der Waals surface area (Å²) < 4.78 is 57.4. The molecule has 0 fully saturated rings. The molecule has 188 valence electrons. The summed E-state index contributed by atoms with van der Waals surface area (Å²) in [6.45, 7) is 6.87. The summed E-state index contributed by atoms with van der Waals surface area (Å²) in [6, 6.07) is 16.4. The van der Waals surface area contributed by atoms with Crippen LogP contribution in [-0.4, -0.2) is 14.9 Å². The molecule has 0 aliphatic carbocycles. The van der Waals surface area contributed by atoms with Crippen LogP contribution < -0.4 is 0 Å². The van der Waals surface area contributed by atoms with Gasteiger partial charge in [-0.2, -0.15) is 18.4 Å². The lowest BCUT2D eigenvalue weighted by Crippen LogP contribution is -2.08. The van der Waals surface area contributed by atoms with Gasteiger partial charge >= 0.3 is 6.18 Å². The van der Waals surface area contributed by atoms with Crippen molar-refractivity contribution in [1.82, 2.24) is 9.13 Å². The molecule has 4 nitrogen and oxygen atoms in total. The lowest BCUT2D eigenvalue weighted by molar-refractivity contribution is -0.137. The number of ketones is 1. The molecule has 8 heteroatoms. The second-order valence-electron chi connectivity index (χ2n) is 8.78. The molecular formula is C29H23F4N3O. The van der Waals surface area contributed by atoms with Crippen molar-refractivity contribution in [2.45, 2.75) is 33.9 Å². The van der Waals surface area contributed by atoms with Gasteiger partial charge in [0.2, 0.25) is 5.78 Å². The minimum atomic E-state index is -4.50. The summed E-state index contributed by atoms with van der Waals surface area (Å²) in [7, 11) is 0. The van der Waals surface area contributed by atoms with E-state index in [1.54, 1.807) is 67.2 Å². The van der Waals surface area contributed by atoms with E-state index in [9.17, 15) is 27.6 Å². The number of rotatable bonds is 5. The fraction of sp³-hybridized carbons (Fsp3) is 0.172. The van der Waals surface area contributed by atoms with Crippen molar-refractivity contribution in [1.29, 1.82) is 5.26 Å². The summed E-state index contributed by atoms with van der Waals surface area (Å²) >= 11 is 0. The average molecular weight is 506 g/mol. The molecule has 0 N–H and O–H groups in total. The molecule has 2 aromatic heterocycles. The second-order valence-corrected chi connectivity index (χ2v) is 8.78. The highest BCUT2D eigenvalue weighted by Gasteiger charge is 2.31. The SMILES string of the molecule is Cc1cc(C(=O)C(C#N)=Cc2cc(C)n(-c3ccccc3F)c2C)c(C)n1-c1cccc(C(F)(F)F)c1. The first-order chi connectivity index (χ1) is 17.4. The third kappa shape index (κ3) is 4.73. The minimum absolute atomic E-state index is 0.141. The van der Waals surface area contributed by atoms with Gasteiger partial charge in [-0.25, -0.2) is 4.39 Å². The predicted octanol–water partition coefficient (Wildman–Crippen LogP) is 7.45. The molecule has 0 amide bonds. The normalized spacial score (nSPS) is 12.0. The first kappa shape index (κ1) is 25.7. The van der Waals surface area contributed by atoms with Crippen molar-refractivity contribution in [2.24, 2.45) is 0 Å². The molecule has 0 atom stereocenters. The number of halogens is 4. The molecule has 4 rings (SSSR count). The number of nitriles is 1. The van der Waals surface area contributed by atoms with Crippen LogP contribution in [0.25, 0.3) is 17.5 Å². The number of Topliss-reactive ketones (excluding diaryl/α,β-unsaturated/α-hetero) is 1. The lowest BCUT2D eigenvalue weighted by Gasteiger charge is -2.13. The molecule has 37 heavy (non-hydrogen) atoms. The van der Waals surface area contributed by atoms with Gasteiger partial charge in [-0.05, 0) is 81.8 Å². The third-order valence-electron chi connectivity index (χ3n) is 6.34. The van der Waals surface area contributed by atoms with Gasteiger partial charge in [0.15, 0.2) is 0 Å². The number of para-hydroxylation sites is 1. The zero-order valence-corrected chi connectivity index (χ0v) is 20.6. The Bertz CT molecular complexity index is 1600. The number of aryl methyl sites for hydroxylation is 2. The van der Waals surface area contributed by atoms with Crippen molar-refractivity contribution in [2.75, 3.05) is 0 Å². The van der Waals surface area contributed by atoms with Crippen LogP contribution in [0.4, 0.5) is 17.6 Å². The van der Waals surface area contributed by atoms with E-state index in [2.05, 4.69) is 0 Å². The van der Waals surface area contributed by atoms with E-state index < -0.39 is 23.3 Å². The van der Waals surface area contributed by atoms with Gasteiger partial charge in [-0.1, -0.05) is 18.2 Å². The molecule has 0 radical (unpaired) electrons. The highest BCUT2D eigenvalue weighted by atomic mass is 19.4. The van der Waals surface area contributed by atoms with Gasteiger partial charge < -0.3 is 9.13 Å². The summed E-state index contributed by atoms with van der Waals surface area (Å²) in [5.74, 6) is -0.956. The van der Waals surface area contributed by atoms with Crippen LogP contribution in [0, 0.1) is 44.8 Å². The van der Waals surface area contributed by atoms with Crippen LogP contribution in [0.5, 0.6) is 0 Å². The maximum absolute atomic E-state index is 14.4. The van der Waals surface area contributed by atoms with E-state index in [1.165, 1.54) is 24.3 Å². The topological polar surface area (TPSA) is 50.7 Å². The number of aromatic nitrogens is 2. The fourth-order valence-corrected chi connectivity index (χ4v) is 4.60. The van der Waals surface area contributed by atoms with Crippen LogP contribution in [0.1, 0.15) is 44.3 Å². The number of alkyl halides is 3. The molecule has 0 saturated carbocycles. The maximum Gasteiger partial charge on any atom is 0.416 e. The number of hydrogen-bond acceptors (Lipinski definition) is 2. The first-order valence-electron chi connectivity index (χ1n) is 11.4. The summed E-state index contributed by atoms with van der Waals surface area (Å²) in [5, 5.41) is 9.82. The highest BCUT2D eigenvalue weighted by molar-refractivity contribution is 6.15. The largest absolute Gasteiger partial charge is 0.416 e. The Hall–Kier alpha value is -4.38. The van der Waals surface area contributed by atoms with E-state index in [4.69, 9.17) is 0 Å². The molecule has 0 aliphatic rings.